The zero-order valence-electron chi connectivity index (χ0n) is 16.0. The molecule has 0 amide bonds. The third-order valence-corrected chi connectivity index (χ3v) is 4.58. The highest BCUT2D eigenvalue weighted by atomic mass is 19.4. The van der Waals surface area contributed by atoms with Gasteiger partial charge in [0.1, 0.15) is 6.10 Å². The van der Waals surface area contributed by atoms with Crippen LogP contribution in [0.5, 0.6) is 0 Å². The average Bonchev–Trinajstić information content (AvgIpc) is 2.74. The minimum Gasteiger partial charge on any atom is -0.361 e. The molecule has 0 saturated carbocycles. The van der Waals surface area contributed by atoms with Gasteiger partial charge in [-0.25, -0.2) is 0 Å². The van der Waals surface area contributed by atoms with Gasteiger partial charge in [-0.3, -0.25) is 0 Å². The number of alkyl halides is 6. The van der Waals surface area contributed by atoms with Crippen molar-refractivity contribution in [1.82, 2.24) is 0 Å². The predicted molar refractivity (Wildman–Crippen MR) is 95.7 cm³/mol. The standard InChI is InChI=1S/C21H18F6O4/c22-20(23,24)14-8-13(9-15(10-14)21(25,26)27)12-31-18(11-28)16-4-1-2-5-17(16)19-29-6-3-7-30-19/h1-2,4-5,8-11,18-19H,3,6-7,12H2. The zero-order valence-corrected chi connectivity index (χ0v) is 16.0. The third kappa shape index (κ3) is 5.84. The number of carbonyl (C=O) groups is 1. The smallest absolute Gasteiger partial charge is 0.361 e. The van der Waals surface area contributed by atoms with Crippen LogP contribution in [-0.4, -0.2) is 19.5 Å². The van der Waals surface area contributed by atoms with E-state index in [-0.39, 0.29) is 11.6 Å². The Bertz CT molecular complexity index is 871. The number of carbonyl (C=O) groups excluding carboxylic acids is 1. The molecule has 0 aliphatic carbocycles. The van der Waals surface area contributed by atoms with Gasteiger partial charge in [-0.15, -0.1) is 0 Å². The minimum atomic E-state index is -4.97. The molecule has 1 aliphatic rings. The van der Waals surface area contributed by atoms with E-state index >= 15 is 0 Å². The molecule has 2 aromatic rings. The van der Waals surface area contributed by atoms with Gasteiger partial charge < -0.3 is 19.0 Å². The predicted octanol–water partition coefficient (Wildman–Crippen LogP) is 5.62. The van der Waals surface area contributed by atoms with E-state index in [0.717, 1.165) is 0 Å². The molecule has 10 heteroatoms. The average molecular weight is 448 g/mol. The van der Waals surface area contributed by atoms with E-state index < -0.39 is 42.5 Å². The second-order valence-electron chi connectivity index (χ2n) is 6.84. The Morgan fingerprint density at radius 3 is 2.10 bits per heavy atom. The lowest BCUT2D eigenvalue weighted by molar-refractivity contribution is -0.184. The summed E-state index contributed by atoms with van der Waals surface area (Å²) in [6, 6.07) is 7.68. The van der Waals surface area contributed by atoms with Gasteiger partial charge in [0.05, 0.1) is 30.9 Å². The highest BCUT2D eigenvalue weighted by molar-refractivity contribution is 5.61. The van der Waals surface area contributed by atoms with E-state index in [1.54, 1.807) is 24.3 Å². The monoisotopic (exact) mass is 448 g/mol. The van der Waals surface area contributed by atoms with E-state index in [1.807, 2.05) is 0 Å². The lowest BCUT2D eigenvalue weighted by atomic mass is 10.0. The van der Waals surface area contributed by atoms with Gasteiger partial charge >= 0.3 is 12.4 Å². The van der Waals surface area contributed by atoms with Gasteiger partial charge in [0, 0.05) is 5.56 Å². The molecule has 1 unspecified atom stereocenters. The van der Waals surface area contributed by atoms with Crippen molar-refractivity contribution in [3.05, 3.63) is 70.3 Å². The van der Waals surface area contributed by atoms with E-state index in [2.05, 4.69) is 0 Å². The number of ether oxygens (including phenoxy) is 3. The lowest BCUT2D eigenvalue weighted by Crippen LogP contribution is -2.20. The van der Waals surface area contributed by atoms with Crippen molar-refractivity contribution in [2.24, 2.45) is 0 Å². The molecule has 0 radical (unpaired) electrons. The van der Waals surface area contributed by atoms with Crippen molar-refractivity contribution >= 4 is 6.29 Å². The Balaban J connectivity index is 1.85. The van der Waals surface area contributed by atoms with Crippen LogP contribution in [0.25, 0.3) is 0 Å². The number of benzene rings is 2. The molecule has 0 spiro atoms. The highest BCUT2D eigenvalue weighted by Gasteiger charge is 2.37. The SMILES string of the molecule is O=CC(OCc1cc(C(F)(F)F)cc(C(F)(F)F)c1)c1ccccc1C1OCCCO1. The number of rotatable bonds is 6. The molecule has 3 rings (SSSR count). The summed E-state index contributed by atoms with van der Waals surface area (Å²) >= 11 is 0. The Kier molecular flexibility index (Phi) is 7.03. The van der Waals surface area contributed by atoms with Crippen LogP contribution in [0.1, 0.15) is 46.6 Å². The van der Waals surface area contributed by atoms with Crippen LogP contribution in [0.2, 0.25) is 0 Å². The molecule has 1 fully saturated rings. The quantitative estimate of drug-likeness (QED) is 0.425. The summed E-state index contributed by atoms with van der Waals surface area (Å²) in [5.41, 5.74) is -2.41. The topological polar surface area (TPSA) is 44.8 Å². The first-order valence-corrected chi connectivity index (χ1v) is 9.27. The molecule has 4 nitrogen and oxygen atoms in total. The van der Waals surface area contributed by atoms with Gasteiger partial charge in [0.2, 0.25) is 0 Å². The summed E-state index contributed by atoms with van der Waals surface area (Å²) in [7, 11) is 0. The fourth-order valence-electron chi connectivity index (χ4n) is 3.14. The van der Waals surface area contributed by atoms with Crippen LogP contribution in [0.15, 0.2) is 42.5 Å². The molecule has 1 aliphatic heterocycles. The van der Waals surface area contributed by atoms with Gasteiger partial charge in [-0.1, -0.05) is 24.3 Å². The fourth-order valence-corrected chi connectivity index (χ4v) is 3.14. The van der Waals surface area contributed by atoms with Crippen LogP contribution in [0, 0.1) is 0 Å². The molecule has 1 saturated heterocycles. The van der Waals surface area contributed by atoms with Crippen molar-refractivity contribution in [2.75, 3.05) is 13.2 Å². The summed E-state index contributed by atoms with van der Waals surface area (Å²) < 4.78 is 94.7. The maximum atomic E-state index is 13.0. The van der Waals surface area contributed by atoms with Crippen molar-refractivity contribution in [3.63, 3.8) is 0 Å². The molecule has 1 atom stereocenters. The van der Waals surface area contributed by atoms with Gasteiger partial charge in [0.15, 0.2) is 12.6 Å². The molecular formula is C21H18F6O4. The molecule has 0 aromatic heterocycles. The van der Waals surface area contributed by atoms with Gasteiger partial charge in [0.25, 0.3) is 0 Å². The summed E-state index contributed by atoms with van der Waals surface area (Å²) in [4.78, 5) is 11.6. The van der Waals surface area contributed by atoms with Crippen molar-refractivity contribution < 1.29 is 45.3 Å². The molecule has 31 heavy (non-hydrogen) atoms. The Labute approximate surface area is 173 Å². The van der Waals surface area contributed by atoms with Crippen molar-refractivity contribution in [1.29, 1.82) is 0 Å². The molecular weight excluding hydrogens is 430 g/mol. The second-order valence-corrected chi connectivity index (χ2v) is 6.84. The lowest BCUT2D eigenvalue weighted by Gasteiger charge is -2.26. The number of hydrogen-bond donors (Lipinski definition) is 0. The van der Waals surface area contributed by atoms with Crippen molar-refractivity contribution in [3.8, 4) is 0 Å². The first-order chi connectivity index (χ1) is 14.6. The van der Waals surface area contributed by atoms with E-state index in [1.165, 1.54) is 0 Å². The largest absolute Gasteiger partial charge is 0.416 e. The first kappa shape index (κ1) is 23.2. The molecule has 0 N–H and O–H groups in total. The van der Waals surface area contributed by atoms with Crippen LogP contribution in [0.4, 0.5) is 26.3 Å². The van der Waals surface area contributed by atoms with Crippen LogP contribution in [0.3, 0.4) is 0 Å². The van der Waals surface area contributed by atoms with E-state index in [0.29, 0.717) is 49.2 Å². The normalized spacial score (nSPS) is 16.8. The summed E-state index contributed by atoms with van der Waals surface area (Å²) in [5.74, 6) is 0. The maximum absolute atomic E-state index is 13.0. The number of halogens is 6. The van der Waals surface area contributed by atoms with Crippen LogP contribution in [-0.2, 0) is 38.0 Å². The molecule has 168 valence electrons. The Hall–Kier alpha value is -2.43. The van der Waals surface area contributed by atoms with E-state index in [4.69, 9.17) is 14.2 Å². The first-order valence-electron chi connectivity index (χ1n) is 9.27. The summed E-state index contributed by atoms with van der Waals surface area (Å²) in [5, 5.41) is 0. The minimum absolute atomic E-state index is 0.0355. The third-order valence-electron chi connectivity index (χ3n) is 4.58. The molecule has 0 bridgehead atoms. The Morgan fingerprint density at radius 2 is 1.55 bits per heavy atom. The summed E-state index contributed by atoms with van der Waals surface area (Å²) in [6.45, 7) is 0.239. The van der Waals surface area contributed by atoms with Crippen LogP contribution < -0.4 is 0 Å². The Morgan fingerprint density at radius 1 is 0.968 bits per heavy atom. The number of hydrogen-bond acceptors (Lipinski definition) is 4. The summed E-state index contributed by atoms with van der Waals surface area (Å²) in [6.07, 6.45) is -10.8. The maximum Gasteiger partial charge on any atom is 0.416 e. The van der Waals surface area contributed by atoms with E-state index in [9.17, 15) is 31.1 Å². The molecule has 1 heterocycles. The number of aldehydes is 1. The van der Waals surface area contributed by atoms with Gasteiger partial charge in [-0.05, 0) is 35.7 Å². The zero-order chi connectivity index (χ0) is 22.6. The fraction of sp³-hybridized carbons (Fsp3) is 0.381. The highest BCUT2D eigenvalue weighted by Crippen LogP contribution is 2.37. The van der Waals surface area contributed by atoms with Gasteiger partial charge in [-0.2, -0.15) is 26.3 Å². The van der Waals surface area contributed by atoms with Crippen LogP contribution >= 0.6 is 0 Å². The van der Waals surface area contributed by atoms with Crippen molar-refractivity contribution in [2.45, 2.75) is 37.8 Å². The second kappa shape index (κ2) is 9.37. The molecule has 2 aromatic carbocycles.